The van der Waals surface area contributed by atoms with Crippen LogP contribution in [0.2, 0.25) is 10.0 Å². The van der Waals surface area contributed by atoms with Crippen molar-refractivity contribution in [3.05, 3.63) is 216 Å². The van der Waals surface area contributed by atoms with Gasteiger partial charge in [-0.1, -0.05) is 89.9 Å². The fraction of sp³-hybridized carbons (Fsp3) is 0.325. The van der Waals surface area contributed by atoms with Crippen molar-refractivity contribution < 1.29 is 128 Å². The minimum absolute atomic E-state index is 0.0221. The van der Waals surface area contributed by atoms with Crippen LogP contribution >= 0.6 is 23.2 Å². The van der Waals surface area contributed by atoms with Crippen LogP contribution in [-0.2, 0) is 60.9 Å². The van der Waals surface area contributed by atoms with Crippen LogP contribution in [0.5, 0.6) is 51.7 Å². The van der Waals surface area contributed by atoms with E-state index >= 15 is 14.4 Å². The smallest absolute Gasteiger partial charge is 0.330 e. The van der Waals surface area contributed by atoms with Crippen LogP contribution in [0.4, 0.5) is 11.4 Å². The molecule has 37 heteroatoms. The van der Waals surface area contributed by atoms with Gasteiger partial charge in [-0.05, 0) is 133 Å². The number of phenols is 3. The number of carbonyl (C=O) groups is 8. The number of carboxylic acids is 1. The number of hydrogen-bond acceptors (Lipinski definition) is 28. The number of nitro groups is 1. The van der Waals surface area contributed by atoms with E-state index < -0.39 is 254 Å². The Morgan fingerprint density at radius 3 is 2.02 bits per heavy atom. The minimum Gasteiger partial charge on any atom is -0.508 e. The molecule has 2 unspecified atom stereocenters. The molecule has 17 atom stereocenters. The standard InChI is InChI=1S/C83H82Cl2N8O27/c1-35-12-16-46(68(93(112)113)73(35)114-34-37-8-5-4-6-9-37)78(107)89-44-11-7-10-38(20-44)32-88-83(3)31-62(115-36(2)76(83)105)119-75-72(104)71(103)60(33-94)118-82(75)120-74-58-25-42-26-59(74)117-57-19-15-41(23-51(57)85)70(102)67-80(109)91-66(81(110)111)49-28-45(95)29-53(97)63(49)48-21-39(13-17-52(48)96)47(79(108)92-67)30-55(99)65(42)90-77(106)43(27-61(86)100)24-54(98)64(87)69(101)40-14-18-56(116-58)50(84)22-40/h4-23,25-26,28-29,36,43,47,60,62,64-67,69-72,75-76,82,88,94-97,101-105H,24,27,30-34,87H2,1-3H3,(H2,86,100)(H,89,107)(H,90,106)(H,91,109)(H,92,108)(H,110,111)/t36-,43-,47+,60+,62-,64-,65?,66+,67-,69+,70+,71+,72+,75+,76+,82?,83-/m0/s1. The average molecular weight is 1690 g/mol. The largest absolute Gasteiger partial charge is 0.508 e. The zero-order chi connectivity index (χ0) is 86.2. The summed E-state index contributed by atoms with van der Waals surface area (Å²) in [6, 6.07) is 23.7. The van der Waals surface area contributed by atoms with Gasteiger partial charge in [0.15, 0.2) is 41.5 Å². The summed E-state index contributed by atoms with van der Waals surface area (Å²) in [6.07, 6.45) is -21.1. The Balaban J connectivity index is 0.904. The predicted molar refractivity (Wildman–Crippen MR) is 421 cm³/mol. The van der Waals surface area contributed by atoms with Crippen LogP contribution in [-0.4, -0.2) is 176 Å². The second kappa shape index (κ2) is 35.5. The van der Waals surface area contributed by atoms with E-state index in [1.165, 1.54) is 31.2 Å². The van der Waals surface area contributed by atoms with Crippen LogP contribution in [0, 0.1) is 23.0 Å². The predicted octanol–water partition coefficient (Wildman–Crippen LogP) is 6.17. The Bertz CT molecular complexity index is 5380. The highest BCUT2D eigenvalue weighted by Gasteiger charge is 2.52. The number of carbonyl (C=O) groups excluding carboxylic acids is 7. The Hall–Kier alpha value is -11.9. The zero-order valence-electron chi connectivity index (χ0n) is 63.8. The molecule has 11 bridgehead atoms. The van der Waals surface area contributed by atoms with Crippen molar-refractivity contribution in [3.8, 4) is 62.9 Å². The number of benzene rings is 8. The van der Waals surface area contributed by atoms with Gasteiger partial charge < -0.3 is 122 Å². The molecule has 0 aromatic heterocycles. The maximum absolute atomic E-state index is 16.2. The molecule has 15 rings (SSSR count). The van der Waals surface area contributed by atoms with Gasteiger partial charge in [0.2, 0.25) is 41.4 Å². The lowest BCUT2D eigenvalue weighted by molar-refractivity contribution is -0.386. The molecule has 19 N–H and O–H groups in total. The third kappa shape index (κ3) is 18.1. The van der Waals surface area contributed by atoms with E-state index in [9.17, 15) is 85.2 Å². The summed E-state index contributed by atoms with van der Waals surface area (Å²) in [6.45, 7) is 3.69. The van der Waals surface area contributed by atoms with Crippen molar-refractivity contribution in [2.45, 2.75) is 157 Å². The Labute approximate surface area is 691 Å². The molecule has 7 heterocycles. The number of anilines is 1. The van der Waals surface area contributed by atoms with Gasteiger partial charge in [0.1, 0.15) is 83.5 Å². The number of ether oxygens (including phenoxy) is 7. The average Bonchev–Trinajstić information content (AvgIpc) is 0.763. The number of aliphatic hydroxyl groups excluding tert-OH is 6. The molecule has 7 aliphatic heterocycles. The summed E-state index contributed by atoms with van der Waals surface area (Å²) < 4.78 is 45.3. The van der Waals surface area contributed by atoms with Gasteiger partial charge in [-0.3, -0.25) is 43.7 Å². The molecule has 5 amide bonds. The number of amides is 5. The fourth-order valence-electron chi connectivity index (χ4n) is 15.2. The molecular weight excluding hydrogens is 1610 g/mol. The third-order valence-electron chi connectivity index (χ3n) is 21.6. The lowest BCUT2D eigenvalue weighted by Crippen LogP contribution is -2.65. The van der Waals surface area contributed by atoms with Crippen LogP contribution in [0.3, 0.4) is 0 Å². The van der Waals surface area contributed by atoms with Crippen LogP contribution in [0.1, 0.15) is 125 Å². The van der Waals surface area contributed by atoms with E-state index in [4.69, 9.17) is 67.8 Å². The third-order valence-corrected chi connectivity index (χ3v) is 22.2. The molecule has 2 fully saturated rings. The van der Waals surface area contributed by atoms with Gasteiger partial charge in [0, 0.05) is 66.2 Å². The Morgan fingerprint density at radius 1 is 0.700 bits per heavy atom. The van der Waals surface area contributed by atoms with Crippen molar-refractivity contribution in [1.29, 1.82) is 0 Å². The zero-order valence-corrected chi connectivity index (χ0v) is 65.3. The number of nitrogens with two attached hydrogens (primary N) is 2. The number of hydrogen-bond donors (Lipinski definition) is 17. The summed E-state index contributed by atoms with van der Waals surface area (Å²) in [5.74, 6) is -18.6. The monoisotopic (exact) mass is 1690 g/mol. The molecule has 120 heavy (non-hydrogen) atoms. The number of rotatable bonds is 17. The molecule has 0 radical (unpaired) electrons. The lowest BCUT2D eigenvalue weighted by atomic mass is 9.84. The molecule has 7 aliphatic rings. The number of aliphatic carboxylic acids is 1. The molecule has 2 saturated heterocycles. The van der Waals surface area contributed by atoms with E-state index in [0.717, 1.165) is 72.3 Å². The van der Waals surface area contributed by atoms with Gasteiger partial charge in [-0.2, -0.15) is 0 Å². The maximum Gasteiger partial charge on any atom is 0.330 e. The second-order valence-electron chi connectivity index (χ2n) is 29.9. The first kappa shape index (κ1) is 85.9. The Kier molecular flexibility index (Phi) is 25.5. The van der Waals surface area contributed by atoms with Gasteiger partial charge in [0.25, 0.3) is 5.91 Å². The SMILES string of the molecule is Cc1ccc(C(=O)Nc2cccc(CN[C@@]3(C)C[C@H](O[C@H]4C(Oc5c6cc7cc5Oc5ccc(cc5Cl)[C@@H](O)[C@@H](N)C(=O)C[C@@H](CC(N)=O)C(=O)NC7C(=O)C[C@H]5C(=O)N[C@H](C(=O)N[C@@H](C(=O)O)c7cc(O)cc(O)c7-c7cc5ccc7O)[C@H](O)c5ccc(c(Cl)c5)O6)O[C@H](CO)[C@@H](O)[C@H]4O)O[C@@H](C)[C@H]3O)c2)c([N+](=O)[O-])c1OCc1ccccc1. The van der Waals surface area contributed by atoms with Crippen molar-refractivity contribution in [2.24, 2.45) is 17.4 Å². The van der Waals surface area contributed by atoms with Gasteiger partial charge >= 0.3 is 11.7 Å². The topological polar surface area (TPSA) is 559 Å². The molecule has 8 aromatic rings. The first-order valence-corrected chi connectivity index (χ1v) is 38.3. The summed E-state index contributed by atoms with van der Waals surface area (Å²) in [7, 11) is 0. The first-order valence-electron chi connectivity index (χ1n) is 37.6. The van der Waals surface area contributed by atoms with Crippen LogP contribution in [0.15, 0.2) is 146 Å². The molecule has 630 valence electrons. The number of fused-ring (bicyclic) bond motifs is 15. The number of aryl methyl sites for hydroxylation is 1. The first-order chi connectivity index (χ1) is 57.1. The van der Waals surface area contributed by atoms with Crippen LogP contribution < -0.4 is 57.0 Å². The van der Waals surface area contributed by atoms with E-state index in [1.54, 1.807) is 68.4 Å². The normalized spacial score (nSPS) is 26.3. The number of nitro benzene ring substituents is 1. The summed E-state index contributed by atoms with van der Waals surface area (Å²) in [5.41, 5.74) is 9.27. The highest BCUT2D eigenvalue weighted by Crippen LogP contribution is 2.51. The molecule has 8 aromatic carbocycles. The highest BCUT2D eigenvalue weighted by atomic mass is 35.5. The highest BCUT2D eigenvalue weighted by molar-refractivity contribution is 6.32. The van der Waals surface area contributed by atoms with Crippen LogP contribution in [0.25, 0.3) is 11.1 Å². The number of Topliss-reactive ketones (excluding diaryl/α,β-unsaturated/α-hetero) is 2. The summed E-state index contributed by atoms with van der Waals surface area (Å²) in [4.78, 5) is 128. The summed E-state index contributed by atoms with van der Waals surface area (Å²) in [5, 5.41) is 141. The number of aromatic hydroxyl groups is 3. The second-order valence-corrected chi connectivity index (χ2v) is 30.7. The van der Waals surface area contributed by atoms with Gasteiger partial charge in [0.05, 0.1) is 51.7 Å². The number of nitrogens with zero attached hydrogens (tertiary/aromatic N) is 1. The number of ketones is 2. The molecule has 0 aliphatic carbocycles. The van der Waals surface area contributed by atoms with E-state index in [-0.39, 0.29) is 64.0 Å². The van der Waals surface area contributed by atoms with E-state index in [1.807, 2.05) is 0 Å². The Morgan fingerprint density at radius 2 is 1.37 bits per heavy atom. The molecular formula is C83H82Cl2N8O27. The lowest BCUT2D eigenvalue weighted by Gasteiger charge is -2.48. The minimum atomic E-state index is -2.26. The van der Waals surface area contributed by atoms with E-state index in [2.05, 4.69) is 26.6 Å². The van der Waals surface area contributed by atoms with Crippen molar-refractivity contribution in [2.75, 3.05) is 11.9 Å². The van der Waals surface area contributed by atoms with Gasteiger partial charge in [-0.25, -0.2) is 4.79 Å². The number of nitrogens with one attached hydrogen (secondary N) is 5. The molecule has 0 spiro atoms. The molecule has 35 nitrogen and oxygen atoms in total. The quantitative estimate of drug-likeness (QED) is 0.0358. The number of aliphatic hydroxyl groups is 6. The van der Waals surface area contributed by atoms with Crippen molar-refractivity contribution >= 4 is 81.6 Å². The number of halogens is 2. The number of primary amides is 1. The molecule has 0 saturated carbocycles. The maximum atomic E-state index is 16.2. The number of phenolic OH excluding ortho intramolecular Hbond substituents is 3. The van der Waals surface area contributed by atoms with E-state index in [0.29, 0.717) is 11.1 Å². The van der Waals surface area contributed by atoms with Crippen molar-refractivity contribution in [1.82, 2.24) is 21.3 Å². The fourth-order valence-corrected chi connectivity index (χ4v) is 15.6. The summed E-state index contributed by atoms with van der Waals surface area (Å²) >= 11 is 14.1. The van der Waals surface area contributed by atoms with Crippen molar-refractivity contribution in [3.63, 3.8) is 0 Å². The number of carboxylic acid groups (broad SMARTS) is 1. The van der Waals surface area contributed by atoms with Gasteiger partial charge in [-0.15, -0.1) is 0 Å².